The second kappa shape index (κ2) is 7.94. The lowest BCUT2D eigenvalue weighted by molar-refractivity contribution is 0.108. The molecule has 0 aliphatic heterocycles. The van der Waals surface area contributed by atoms with Crippen molar-refractivity contribution >= 4 is 5.82 Å². The molecule has 0 bridgehead atoms. The van der Waals surface area contributed by atoms with Gasteiger partial charge in [0, 0.05) is 19.1 Å². The average Bonchev–Trinajstić information content (AvgIpc) is 2.38. The summed E-state index contributed by atoms with van der Waals surface area (Å²) in [5.41, 5.74) is 0.947. The number of anilines is 1. The van der Waals surface area contributed by atoms with Crippen molar-refractivity contribution in [2.24, 2.45) is 0 Å². The quantitative estimate of drug-likeness (QED) is 0.734. The standard InChI is InChI=1S/C14H25N3O2/c1-6-15-13-11(5)14(19-9-8-18-7-2)17-12(16-13)10(3)4/h10H,6-9H2,1-5H3,(H,15,16,17). The minimum Gasteiger partial charge on any atom is -0.475 e. The SMILES string of the molecule is CCNc1nc(C(C)C)nc(OCCOCC)c1C. The van der Waals surface area contributed by atoms with Gasteiger partial charge in [0.05, 0.1) is 12.2 Å². The first-order chi connectivity index (χ1) is 9.10. The van der Waals surface area contributed by atoms with Crippen molar-refractivity contribution in [1.29, 1.82) is 0 Å². The highest BCUT2D eigenvalue weighted by Crippen LogP contribution is 2.24. The van der Waals surface area contributed by atoms with E-state index in [1.54, 1.807) is 0 Å². The van der Waals surface area contributed by atoms with Gasteiger partial charge in [-0.15, -0.1) is 0 Å². The van der Waals surface area contributed by atoms with Crippen molar-refractivity contribution in [1.82, 2.24) is 9.97 Å². The van der Waals surface area contributed by atoms with E-state index >= 15 is 0 Å². The van der Waals surface area contributed by atoms with Crippen LogP contribution in [0.1, 0.15) is 45.0 Å². The molecule has 1 aromatic rings. The third-order valence-electron chi connectivity index (χ3n) is 2.65. The summed E-state index contributed by atoms with van der Waals surface area (Å²) in [5, 5.41) is 3.25. The predicted molar refractivity (Wildman–Crippen MR) is 77.0 cm³/mol. The zero-order valence-electron chi connectivity index (χ0n) is 12.6. The molecule has 5 heteroatoms. The Hall–Kier alpha value is -1.36. The molecule has 5 nitrogen and oxygen atoms in total. The number of hydrogen-bond donors (Lipinski definition) is 1. The van der Waals surface area contributed by atoms with Crippen LogP contribution in [-0.2, 0) is 4.74 Å². The van der Waals surface area contributed by atoms with E-state index in [0.29, 0.717) is 25.7 Å². The van der Waals surface area contributed by atoms with E-state index in [-0.39, 0.29) is 5.92 Å². The number of nitrogens with zero attached hydrogens (tertiary/aromatic N) is 2. The molecule has 0 aliphatic carbocycles. The normalized spacial score (nSPS) is 10.8. The van der Waals surface area contributed by atoms with Crippen LogP contribution < -0.4 is 10.1 Å². The maximum Gasteiger partial charge on any atom is 0.221 e. The molecule has 1 rings (SSSR count). The van der Waals surface area contributed by atoms with Gasteiger partial charge in [-0.1, -0.05) is 13.8 Å². The summed E-state index contributed by atoms with van der Waals surface area (Å²) in [6.07, 6.45) is 0. The second-order valence-electron chi connectivity index (χ2n) is 4.59. The fraction of sp³-hybridized carbons (Fsp3) is 0.714. The van der Waals surface area contributed by atoms with Crippen LogP contribution >= 0.6 is 0 Å². The summed E-state index contributed by atoms with van der Waals surface area (Å²) in [6, 6.07) is 0. The van der Waals surface area contributed by atoms with Crippen LogP contribution in [0.5, 0.6) is 5.88 Å². The van der Waals surface area contributed by atoms with Gasteiger partial charge in [0.15, 0.2) is 0 Å². The van der Waals surface area contributed by atoms with E-state index in [1.807, 2.05) is 20.8 Å². The first kappa shape index (κ1) is 15.7. The van der Waals surface area contributed by atoms with E-state index < -0.39 is 0 Å². The van der Waals surface area contributed by atoms with Crippen LogP contribution in [0.2, 0.25) is 0 Å². The minimum absolute atomic E-state index is 0.271. The Bertz CT molecular complexity index is 395. The monoisotopic (exact) mass is 267 g/mol. The topological polar surface area (TPSA) is 56.3 Å². The van der Waals surface area contributed by atoms with E-state index in [0.717, 1.165) is 23.8 Å². The summed E-state index contributed by atoms with van der Waals surface area (Å²) >= 11 is 0. The molecule has 0 saturated heterocycles. The van der Waals surface area contributed by atoms with Crippen molar-refractivity contribution in [3.05, 3.63) is 11.4 Å². The molecule has 0 saturated carbocycles. The molecule has 1 N–H and O–H groups in total. The fourth-order valence-corrected chi connectivity index (χ4v) is 1.59. The number of rotatable bonds is 8. The molecule has 108 valence electrons. The van der Waals surface area contributed by atoms with Crippen molar-refractivity contribution in [2.45, 2.75) is 40.5 Å². The number of aromatic nitrogens is 2. The Morgan fingerprint density at radius 1 is 1.16 bits per heavy atom. The lowest BCUT2D eigenvalue weighted by Crippen LogP contribution is -2.12. The first-order valence-electron chi connectivity index (χ1n) is 6.93. The molecule has 0 aromatic carbocycles. The maximum atomic E-state index is 5.70. The molecule has 0 amide bonds. The molecule has 19 heavy (non-hydrogen) atoms. The van der Waals surface area contributed by atoms with Gasteiger partial charge in [-0.3, -0.25) is 0 Å². The highest BCUT2D eigenvalue weighted by Gasteiger charge is 2.13. The van der Waals surface area contributed by atoms with Gasteiger partial charge < -0.3 is 14.8 Å². The fourth-order valence-electron chi connectivity index (χ4n) is 1.59. The molecule has 0 spiro atoms. The van der Waals surface area contributed by atoms with Crippen molar-refractivity contribution in [3.8, 4) is 5.88 Å². The zero-order chi connectivity index (χ0) is 14.3. The van der Waals surface area contributed by atoms with Gasteiger partial charge in [0.2, 0.25) is 5.88 Å². The smallest absolute Gasteiger partial charge is 0.221 e. The zero-order valence-corrected chi connectivity index (χ0v) is 12.6. The molecular formula is C14H25N3O2. The van der Waals surface area contributed by atoms with Crippen LogP contribution in [0.25, 0.3) is 0 Å². The second-order valence-corrected chi connectivity index (χ2v) is 4.59. The summed E-state index contributed by atoms with van der Waals surface area (Å²) in [7, 11) is 0. The summed E-state index contributed by atoms with van der Waals surface area (Å²) in [4.78, 5) is 9.02. The van der Waals surface area contributed by atoms with E-state index in [1.165, 1.54) is 0 Å². The van der Waals surface area contributed by atoms with Gasteiger partial charge in [-0.05, 0) is 20.8 Å². The van der Waals surface area contributed by atoms with Crippen LogP contribution in [0.4, 0.5) is 5.82 Å². The van der Waals surface area contributed by atoms with E-state index in [4.69, 9.17) is 9.47 Å². The Morgan fingerprint density at radius 2 is 1.89 bits per heavy atom. The van der Waals surface area contributed by atoms with E-state index in [9.17, 15) is 0 Å². The largest absolute Gasteiger partial charge is 0.475 e. The third-order valence-corrected chi connectivity index (χ3v) is 2.65. The lowest BCUT2D eigenvalue weighted by atomic mass is 10.2. The van der Waals surface area contributed by atoms with E-state index in [2.05, 4.69) is 29.1 Å². The Balaban J connectivity index is 2.87. The lowest BCUT2D eigenvalue weighted by Gasteiger charge is -2.15. The number of nitrogens with one attached hydrogen (secondary N) is 1. The summed E-state index contributed by atoms with van der Waals surface area (Å²) in [6.45, 7) is 12.7. The number of hydrogen-bond acceptors (Lipinski definition) is 5. The van der Waals surface area contributed by atoms with Crippen molar-refractivity contribution in [3.63, 3.8) is 0 Å². The highest BCUT2D eigenvalue weighted by molar-refractivity contribution is 5.48. The molecular weight excluding hydrogens is 242 g/mol. The minimum atomic E-state index is 0.271. The van der Waals surface area contributed by atoms with Crippen molar-refractivity contribution in [2.75, 3.05) is 31.7 Å². The Morgan fingerprint density at radius 3 is 2.47 bits per heavy atom. The predicted octanol–water partition coefficient (Wildman–Crippen LogP) is 2.76. The van der Waals surface area contributed by atoms with Gasteiger partial charge in [-0.2, -0.15) is 4.98 Å². The van der Waals surface area contributed by atoms with Gasteiger partial charge >= 0.3 is 0 Å². The molecule has 0 aliphatic rings. The van der Waals surface area contributed by atoms with Gasteiger partial charge in [-0.25, -0.2) is 4.98 Å². The van der Waals surface area contributed by atoms with Crippen LogP contribution in [0.3, 0.4) is 0 Å². The van der Waals surface area contributed by atoms with Crippen LogP contribution in [0, 0.1) is 6.92 Å². The first-order valence-corrected chi connectivity index (χ1v) is 6.93. The molecule has 0 radical (unpaired) electrons. The van der Waals surface area contributed by atoms with Gasteiger partial charge in [0.25, 0.3) is 0 Å². The molecule has 1 aromatic heterocycles. The van der Waals surface area contributed by atoms with Crippen LogP contribution in [0.15, 0.2) is 0 Å². The van der Waals surface area contributed by atoms with Gasteiger partial charge in [0.1, 0.15) is 18.2 Å². The molecule has 0 unspecified atom stereocenters. The molecule has 1 heterocycles. The number of ether oxygens (including phenoxy) is 2. The van der Waals surface area contributed by atoms with Crippen molar-refractivity contribution < 1.29 is 9.47 Å². The van der Waals surface area contributed by atoms with Crippen LogP contribution in [-0.4, -0.2) is 36.3 Å². The summed E-state index contributed by atoms with van der Waals surface area (Å²) in [5.74, 6) is 2.57. The molecule has 0 fully saturated rings. The Labute approximate surface area is 115 Å². The highest BCUT2D eigenvalue weighted by atomic mass is 16.5. The maximum absolute atomic E-state index is 5.70. The average molecular weight is 267 g/mol. The Kier molecular flexibility index (Phi) is 6.56. The summed E-state index contributed by atoms with van der Waals surface area (Å²) < 4.78 is 11.0. The third kappa shape index (κ3) is 4.67. The molecule has 0 atom stereocenters.